The largest absolute Gasteiger partial charge is 0.296 e. The van der Waals surface area contributed by atoms with E-state index in [1.807, 2.05) is 0 Å². The highest BCUT2D eigenvalue weighted by Crippen LogP contribution is 2.42. The van der Waals surface area contributed by atoms with Gasteiger partial charge in [-0.1, -0.05) is 17.4 Å². The van der Waals surface area contributed by atoms with Gasteiger partial charge >= 0.3 is 0 Å². The number of carbonyl (C=O) groups is 1. The summed E-state index contributed by atoms with van der Waals surface area (Å²) < 4.78 is 23.0. The van der Waals surface area contributed by atoms with E-state index in [0.29, 0.717) is 11.0 Å². The van der Waals surface area contributed by atoms with Crippen LogP contribution in [0, 0.1) is 0 Å². The summed E-state index contributed by atoms with van der Waals surface area (Å²) in [6.07, 6.45) is 3.36. The molecule has 2 aromatic rings. The summed E-state index contributed by atoms with van der Waals surface area (Å²) in [5.74, 6) is 0.0979. The molecule has 0 atom stereocenters. The molecule has 8 heteroatoms. The van der Waals surface area contributed by atoms with Gasteiger partial charge in [0.1, 0.15) is 5.01 Å². The van der Waals surface area contributed by atoms with Gasteiger partial charge in [-0.25, -0.2) is 8.42 Å². The third-order valence-corrected chi connectivity index (χ3v) is 5.22. The number of rotatable bonds is 4. The SMILES string of the molecule is CS(=O)(=O)c1cccc(C(=O)Nc2nnc(C3CC3)s2)c1. The molecule has 0 aliphatic heterocycles. The lowest BCUT2D eigenvalue weighted by Crippen LogP contribution is -2.12. The lowest BCUT2D eigenvalue weighted by Gasteiger charge is -2.03. The summed E-state index contributed by atoms with van der Waals surface area (Å²) >= 11 is 1.36. The van der Waals surface area contributed by atoms with E-state index in [1.54, 1.807) is 12.1 Å². The lowest BCUT2D eigenvalue weighted by atomic mass is 10.2. The van der Waals surface area contributed by atoms with Crippen molar-refractivity contribution in [2.24, 2.45) is 0 Å². The van der Waals surface area contributed by atoms with Crippen molar-refractivity contribution in [1.82, 2.24) is 10.2 Å². The van der Waals surface area contributed by atoms with Crippen molar-refractivity contribution in [3.05, 3.63) is 34.8 Å². The third-order valence-electron chi connectivity index (χ3n) is 3.11. The molecule has 0 bridgehead atoms. The zero-order valence-electron chi connectivity index (χ0n) is 11.2. The van der Waals surface area contributed by atoms with Crippen molar-refractivity contribution < 1.29 is 13.2 Å². The van der Waals surface area contributed by atoms with E-state index < -0.39 is 9.84 Å². The van der Waals surface area contributed by atoms with Crippen LogP contribution >= 0.6 is 11.3 Å². The topological polar surface area (TPSA) is 89.0 Å². The van der Waals surface area contributed by atoms with Gasteiger partial charge in [0, 0.05) is 17.7 Å². The molecule has 1 aliphatic carbocycles. The second-order valence-electron chi connectivity index (χ2n) is 4.97. The first-order valence-electron chi connectivity index (χ1n) is 6.38. The van der Waals surface area contributed by atoms with Crippen LogP contribution in [-0.4, -0.2) is 30.8 Å². The maximum atomic E-state index is 12.1. The van der Waals surface area contributed by atoms with Gasteiger partial charge in [0.05, 0.1) is 4.90 Å². The molecule has 0 unspecified atom stereocenters. The first-order chi connectivity index (χ1) is 9.93. The highest BCUT2D eigenvalue weighted by Gasteiger charge is 2.27. The summed E-state index contributed by atoms with van der Waals surface area (Å²) in [4.78, 5) is 12.2. The number of hydrogen-bond donors (Lipinski definition) is 1. The highest BCUT2D eigenvalue weighted by molar-refractivity contribution is 7.90. The molecule has 1 saturated carbocycles. The van der Waals surface area contributed by atoms with Gasteiger partial charge in [0.15, 0.2) is 9.84 Å². The van der Waals surface area contributed by atoms with Crippen LogP contribution in [-0.2, 0) is 9.84 Å². The Morgan fingerprint density at radius 1 is 1.33 bits per heavy atom. The van der Waals surface area contributed by atoms with Crippen molar-refractivity contribution in [1.29, 1.82) is 0 Å². The molecule has 1 amide bonds. The van der Waals surface area contributed by atoms with Crippen molar-refractivity contribution in [3.8, 4) is 0 Å². The van der Waals surface area contributed by atoms with Crippen LogP contribution in [0.3, 0.4) is 0 Å². The average molecular weight is 323 g/mol. The quantitative estimate of drug-likeness (QED) is 0.930. The Morgan fingerprint density at radius 2 is 2.10 bits per heavy atom. The molecular formula is C13H13N3O3S2. The Bertz CT molecular complexity index is 794. The Kier molecular flexibility index (Phi) is 3.50. The number of amides is 1. The van der Waals surface area contributed by atoms with E-state index in [1.165, 1.54) is 23.5 Å². The Labute approximate surface area is 126 Å². The van der Waals surface area contributed by atoms with Crippen molar-refractivity contribution in [3.63, 3.8) is 0 Å². The predicted octanol–water partition coefficient (Wildman–Crippen LogP) is 2.07. The fraction of sp³-hybridized carbons (Fsp3) is 0.308. The van der Waals surface area contributed by atoms with Gasteiger partial charge in [-0.3, -0.25) is 10.1 Å². The molecule has 1 heterocycles. The molecular weight excluding hydrogens is 310 g/mol. The molecule has 0 spiro atoms. The van der Waals surface area contributed by atoms with Crippen molar-refractivity contribution in [2.45, 2.75) is 23.7 Å². The van der Waals surface area contributed by atoms with E-state index in [4.69, 9.17) is 0 Å². The molecule has 1 aromatic heterocycles. The molecule has 21 heavy (non-hydrogen) atoms. The van der Waals surface area contributed by atoms with Crippen LogP contribution in [0.15, 0.2) is 29.2 Å². The summed E-state index contributed by atoms with van der Waals surface area (Å²) in [6.45, 7) is 0. The molecule has 0 radical (unpaired) electrons. The molecule has 3 rings (SSSR count). The number of aromatic nitrogens is 2. The zero-order chi connectivity index (χ0) is 15.0. The van der Waals surface area contributed by atoms with Gasteiger partial charge in [-0.2, -0.15) is 0 Å². The smallest absolute Gasteiger partial charge is 0.257 e. The van der Waals surface area contributed by atoms with Crippen molar-refractivity contribution >= 4 is 32.2 Å². The van der Waals surface area contributed by atoms with Crippen LogP contribution in [0.2, 0.25) is 0 Å². The Morgan fingerprint density at radius 3 is 2.76 bits per heavy atom. The average Bonchev–Trinajstić information content (AvgIpc) is 3.19. The van der Waals surface area contributed by atoms with Crippen LogP contribution in [0.5, 0.6) is 0 Å². The van der Waals surface area contributed by atoms with Gasteiger partial charge in [-0.05, 0) is 31.0 Å². The van der Waals surface area contributed by atoms with Crippen LogP contribution in [0.25, 0.3) is 0 Å². The maximum Gasteiger partial charge on any atom is 0.257 e. The van der Waals surface area contributed by atoms with Crippen LogP contribution in [0.1, 0.15) is 34.1 Å². The zero-order valence-corrected chi connectivity index (χ0v) is 12.9. The fourth-order valence-electron chi connectivity index (χ4n) is 1.82. The van der Waals surface area contributed by atoms with Gasteiger partial charge < -0.3 is 0 Å². The summed E-state index contributed by atoms with van der Waals surface area (Å²) in [7, 11) is -3.34. The fourth-order valence-corrected chi connectivity index (χ4v) is 3.39. The van der Waals surface area contributed by atoms with Gasteiger partial charge in [0.25, 0.3) is 5.91 Å². The minimum Gasteiger partial charge on any atom is -0.296 e. The minimum atomic E-state index is -3.34. The maximum absolute atomic E-state index is 12.1. The lowest BCUT2D eigenvalue weighted by molar-refractivity contribution is 0.102. The van der Waals surface area contributed by atoms with E-state index in [0.717, 1.165) is 24.1 Å². The van der Waals surface area contributed by atoms with Crippen LogP contribution < -0.4 is 5.32 Å². The normalized spacial score (nSPS) is 14.9. The standard InChI is InChI=1S/C13H13N3O3S2/c1-21(18,19)10-4-2-3-9(7-10)11(17)14-13-16-15-12(20-13)8-5-6-8/h2-4,7-8H,5-6H2,1H3,(H,14,16,17). The second-order valence-corrected chi connectivity index (χ2v) is 8.00. The van der Waals surface area contributed by atoms with Gasteiger partial charge in [-0.15, -0.1) is 10.2 Å². The minimum absolute atomic E-state index is 0.117. The number of anilines is 1. The van der Waals surface area contributed by atoms with E-state index in [9.17, 15) is 13.2 Å². The second kappa shape index (κ2) is 5.19. The summed E-state index contributed by atoms with van der Waals surface area (Å²) in [6, 6.07) is 5.92. The molecule has 1 N–H and O–H groups in total. The Hall–Kier alpha value is -1.80. The van der Waals surface area contributed by atoms with E-state index >= 15 is 0 Å². The number of sulfone groups is 1. The number of nitrogens with one attached hydrogen (secondary N) is 1. The molecule has 110 valence electrons. The number of carbonyl (C=O) groups excluding carboxylic acids is 1. The van der Waals surface area contributed by atoms with Crippen LogP contribution in [0.4, 0.5) is 5.13 Å². The first-order valence-corrected chi connectivity index (χ1v) is 9.09. The first kappa shape index (κ1) is 14.2. The molecule has 1 aliphatic rings. The highest BCUT2D eigenvalue weighted by atomic mass is 32.2. The molecule has 0 saturated heterocycles. The number of nitrogens with zero attached hydrogens (tertiary/aromatic N) is 2. The summed E-state index contributed by atoms with van der Waals surface area (Å²) in [5.41, 5.74) is 0.279. The predicted molar refractivity (Wildman–Crippen MR) is 79.4 cm³/mol. The Balaban J connectivity index is 1.78. The van der Waals surface area contributed by atoms with E-state index in [-0.39, 0.29) is 16.4 Å². The molecule has 6 nitrogen and oxygen atoms in total. The monoisotopic (exact) mass is 323 g/mol. The molecule has 1 aromatic carbocycles. The van der Waals surface area contributed by atoms with Crippen molar-refractivity contribution in [2.75, 3.05) is 11.6 Å². The number of hydrogen-bond acceptors (Lipinski definition) is 6. The third kappa shape index (κ3) is 3.27. The van der Waals surface area contributed by atoms with Gasteiger partial charge in [0.2, 0.25) is 5.13 Å². The molecule has 1 fully saturated rings. The summed E-state index contributed by atoms with van der Waals surface area (Å²) in [5, 5.41) is 12.0. The number of benzene rings is 1. The van der Waals surface area contributed by atoms with E-state index in [2.05, 4.69) is 15.5 Å².